The molecular weight excluding hydrogens is 327 g/mol. The Morgan fingerprint density at radius 3 is 2.64 bits per heavy atom. The van der Waals surface area contributed by atoms with Gasteiger partial charge >= 0.3 is 0 Å². The number of hydrogen-bond acceptors (Lipinski definition) is 4. The predicted octanol–water partition coefficient (Wildman–Crippen LogP) is 0.722. The molecule has 0 bridgehead atoms. The van der Waals surface area contributed by atoms with Crippen LogP contribution < -0.4 is 10.9 Å². The van der Waals surface area contributed by atoms with Gasteiger partial charge in [0.15, 0.2) is 0 Å². The minimum absolute atomic E-state index is 0.0467. The van der Waals surface area contributed by atoms with Gasteiger partial charge < -0.3 is 10.2 Å². The maximum Gasteiger partial charge on any atom is 0.274 e. The van der Waals surface area contributed by atoms with Gasteiger partial charge in [0, 0.05) is 19.2 Å². The Morgan fingerprint density at radius 1 is 1.20 bits per heavy atom. The van der Waals surface area contributed by atoms with E-state index in [1.807, 2.05) is 0 Å². The molecule has 2 aromatic rings. The Labute approximate surface area is 143 Å². The van der Waals surface area contributed by atoms with Gasteiger partial charge in [-0.1, -0.05) is 0 Å². The summed E-state index contributed by atoms with van der Waals surface area (Å²) < 4.78 is 14.1. The minimum atomic E-state index is -0.622. The van der Waals surface area contributed by atoms with Gasteiger partial charge in [-0.05, 0) is 43.7 Å². The fourth-order valence-electron chi connectivity index (χ4n) is 2.66. The van der Waals surface area contributed by atoms with Crippen molar-refractivity contribution < 1.29 is 14.0 Å². The van der Waals surface area contributed by atoms with Crippen LogP contribution in [0.4, 0.5) is 4.39 Å². The maximum atomic E-state index is 13.1. The highest BCUT2D eigenvalue weighted by atomic mass is 19.1. The van der Waals surface area contributed by atoms with Crippen LogP contribution in [0.1, 0.15) is 23.8 Å². The van der Waals surface area contributed by atoms with Crippen LogP contribution in [0.15, 0.2) is 41.2 Å². The molecule has 1 unspecified atom stereocenters. The van der Waals surface area contributed by atoms with E-state index in [4.69, 9.17) is 0 Å². The molecule has 1 aromatic carbocycles. The quantitative estimate of drug-likeness (QED) is 0.870. The molecule has 130 valence electrons. The smallest absolute Gasteiger partial charge is 0.274 e. The minimum Gasteiger partial charge on any atom is -0.354 e. The summed E-state index contributed by atoms with van der Waals surface area (Å²) in [5, 5.41) is 6.83. The number of halogens is 1. The number of hydrogen-bond donors (Lipinski definition) is 1. The summed E-state index contributed by atoms with van der Waals surface area (Å²) in [4.78, 5) is 38.2. The molecule has 2 amide bonds. The molecule has 1 atom stereocenters. The van der Waals surface area contributed by atoms with Crippen molar-refractivity contribution in [1.29, 1.82) is 0 Å². The van der Waals surface area contributed by atoms with Crippen molar-refractivity contribution in [2.75, 3.05) is 13.1 Å². The molecule has 0 spiro atoms. The molecule has 1 fully saturated rings. The van der Waals surface area contributed by atoms with E-state index < -0.39 is 23.3 Å². The summed E-state index contributed by atoms with van der Waals surface area (Å²) in [6, 6.07) is 7.16. The fraction of sp³-hybridized carbons (Fsp3) is 0.294. The summed E-state index contributed by atoms with van der Waals surface area (Å²) in [6.45, 7) is 2.57. The van der Waals surface area contributed by atoms with Crippen LogP contribution in [-0.2, 0) is 4.79 Å². The normalized spacial score (nSPS) is 17.8. The average molecular weight is 344 g/mol. The molecule has 1 aliphatic heterocycles. The molecule has 1 aliphatic rings. The van der Waals surface area contributed by atoms with Gasteiger partial charge in [0.1, 0.15) is 17.6 Å². The van der Waals surface area contributed by atoms with Crippen molar-refractivity contribution in [2.24, 2.45) is 0 Å². The molecular formula is C17H17FN4O3. The van der Waals surface area contributed by atoms with E-state index in [9.17, 15) is 18.8 Å². The lowest BCUT2D eigenvalue weighted by atomic mass is 10.2. The van der Waals surface area contributed by atoms with Gasteiger partial charge in [-0.2, -0.15) is 9.78 Å². The summed E-state index contributed by atoms with van der Waals surface area (Å²) in [5.41, 5.74) is -0.0435. The molecule has 1 saturated heterocycles. The number of benzene rings is 1. The first-order valence-electron chi connectivity index (χ1n) is 7.92. The van der Waals surface area contributed by atoms with Gasteiger partial charge in [0.2, 0.25) is 5.91 Å². The first-order valence-corrected chi connectivity index (χ1v) is 7.92. The zero-order chi connectivity index (χ0) is 18.0. The molecule has 8 heteroatoms. The second-order valence-electron chi connectivity index (χ2n) is 5.76. The lowest BCUT2D eigenvalue weighted by Gasteiger charge is -2.25. The van der Waals surface area contributed by atoms with Crippen molar-refractivity contribution in [2.45, 2.75) is 19.4 Å². The standard InChI is InChI=1S/C17H17FN4O3/c1-11-16(24)19-9-2-10-21(11)17(25)14-7-8-15(23)22(20-14)13-5-3-12(18)4-6-13/h3-8,11H,2,9-10H2,1H3,(H,19,24). The van der Waals surface area contributed by atoms with Gasteiger partial charge in [-0.3, -0.25) is 14.4 Å². The van der Waals surface area contributed by atoms with E-state index in [0.717, 1.165) is 4.68 Å². The topological polar surface area (TPSA) is 84.3 Å². The number of nitrogens with zero attached hydrogens (tertiary/aromatic N) is 3. The predicted molar refractivity (Wildman–Crippen MR) is 87.9 cm³/mol. The highest BCUT2D eigenvalue weighted by molar-refractivity contribution is 5.96. The van der Waals surface area contributed by atoms with Crippen molar-refractivity contribution in [1.82, 2.24) is 20.0 Å². The Balaban J connectivity index is 1.96. The van der Waals surface area contributed by atoms with E-state index in [1.54, 1.807) is 6.92 Å². The number of amides is 2. The van der Waals surface area contributed by atoms with Crippen LogP contribution in [-0.4, -0.2) is 45.6 Å². The van der Waals surface area contributed by atoms with E-state index >= 15 is 0 Å². The maximum absolute atomic E-state index is 13.1. The van der Waals surface area contributed by atoms with Crippen LogP contribution in [0.3, 0.4) is 0 Å². The number of nitrogens with one attached hydrogen (secondary N) is 1. The Bertz CT molecular complexity index is 863. The van der Waals surface area contributed by atoms with Crippen LogP contribution in [0.2, 0.25) is 0 Å². The molecule has 7 nitrogen and oxygen atoms in total. The van der Waals surface area contributed by atoms with Crippen LogP contribution in [0.25, 0.3) is 5.69 Å². The third-order valence-corrected chi connectivity index (χ3v) is 4.07. The van der Waals surface area contributed by atoms with Gasteiger partial charge in [-0.15, -0.1) is 0 Å². The number of carbonyl (C=O) groups excluding carboxylic acids is 2. The van der Waals surface area contributed by atoms with E-state index in [2.05, 4.69) is 10.4 Å². The van der Waals surface area contributed by atoms with Gasteiger partial charge in [-0.25, -0.2) is 4.39 Å². The van der Waals surface area contributed by atoms with E-state index in [0.29, 0.717) is 25.2 Å². The third kappa shape index (κ3) is 3.42. The monoisotopic (exact) mass is 344 g/mol. The van der Waals surface area contributed by atoms with Gasteiger partial charge in [0.25, 0.3) is 11.5 Å². The van der Waals surface area contributed by atoms with E-state index in [-0.39, 0.29) is 11.6 Å². The van der Waals surface area contributed by atoms with E-state index in [1.165, 1.54) is 41.3 Å². The highest BCUT2D eigenvalue weighted by Gasteiger charge is 2.29. The molecule has 1 N–H and O–H groups in total. The van der Waals surface area contributed by atoms with Gasteiger partial charge in [0.05, 0.1) is 5.69 Å². The fourth-order valence-corrected chi connectivity index (χ4v) is 2.66. The summed E-state index contributed by atoms with van der Waals surface area (Å²) in [7, 11) is 0. The van der Waals surface area contributed by atoms with Crippen LogP contribution >= 0.6 is 0 Å². The Hall–Kier alpha value is -3.03. The zero-order valence-electron chi connectivity index (χ0n) is 13.6. The second kappa shape index (κ2) is 6.84. The molecule has 3 rings (SSSR count). The zero-order valence-corrected chi connectivity index (χ0v) is 13.6. The Morgan fingerprint density at radius 2 is 1.92 bits per heavy atom. The van der Waals surface area contributed by atoms with Crippen LogP contribution in [0, 0.1) is 5.82 Å². The summed E-state index contributed by atoms with van der Waals surface area (Å²) >= 11 is 0. The lowest BCUT2D eigenvalue weighted by Crippen LogP contribution is -2.45. The summed E-state index contributed by atoms with van der Waals surface area (Å²) in [6.07, 6.45) is 0.638. The van der Waals surface area contributed by atoms with Crippen molar-refractivity contribution in [3.05, 3.63) is 58.3 Å². The van der Waals surface area contributed by atoms with Crippen molar-refractivity contribution in [3.63, 3.8) is 0 Å². The SMILES string of the molecule is CC1C(=O)NCCCN1C(=O)c1ccc(=O)n(-c2ccc(F)cc2)n1. The molecule has 0 aliphatic carbocycles. The molecule has 1 aromatic heterocycles. The molecule has 0 radical (unpaired) electrons. The summed E-state index contributed by atoms with van der Waals surface area (Å²) in [5.74, 6) is -1.09. The first kappa shape index (κ1) is 16.8. The van der Waals surface area contributed by atoms with Crippen molar-refractivity contribution in [3.8, 4) is 5.69 Å². The van der Waals surface area contributed by atoms with Crippen LogP contribution in [0.5, 0.6) is 0 Å². The molecule has 25 heavy (non-hydrogen) atoms. The second-order valence-corrected chi connectivity index (χ2v) is 5.76. The number of aromatic nitrogens is 2. The number of rotatable bonds is 2. The largest absolute Gasteiger partial charge is 0.354 e. The molecule has 2 heterocycles. The average Bonchev–Trinajstić information content (AvgIpc) is 2.77. The first-order chi connectivity index (χ1) is 12.0. The Kier molecular flexibility index (Phi) is 4.60. The number of carbonyl (C=O) groups is 2. The lowest BCUT2D eigenvalue weighted by molar-refractivity contribution is -0.124. The third-order valence-electron chi connectivity index (χ3n) is 4.07. The van der Waals surface area contributed by atoms with Crippen molar-refractivity contribution >= 4 is 11.8 Å². The highest BCUT2D eigenvalue weighted by Crippen LogP contribution is 2.11. The molecule has 0 saturated carbocycles.